The summed E-state index contributed by atoms with van der Waals surface area (Å²) in [6.45, 7) is 1.40. The van der Waals surface area contributed by atoms with E-state index in [1.807, 2.05) is 6.07 Å². The first-order valence-electron chi connectivity index (χ1n) is 8.04. The van der Waals surface area contributed by atoms with Crippen LogP contribution in [-0.2, 0) is 33.6 Å². The summed E-state index contributed by atoms with van der Waals surface area (Å²) in [7, 11) is 0. The van der Waals surface area contributed by atoms with Crippen LogP contribution < -0.4 is 0 Å². The van der Waals surface area contributed by atoms with Crippen molar-refractivity contribution in [1.82, 2.24) is 0 Å². The number of hydrogen-bond donors (Lipinski definition) is 0. The number of carbonyl (C=O) groups excluding carboxylic acids is 3. The molecular weight excluding hydrogens is 306 g/mol. The van der Waals surface area contributed by atoms with Crippen molar-refractivity contribution in [2.24, 2.45) is 15.0 Å². The molecule has 0 bridgehead atoms. The zero-order valence-electron chi connectivity index (χ0n) is 13.7. The Labute approximate surface area is 141 Å². The lowest BCUT2D eigenvalue weighted by Gasteiger charge is -2.14. The Kier molecular flexibility index (Phi) is 10.4. The summed E-state index contributed by atoms with van der Waals surface area (Å²) in [5.41, 5.74) is 3.70. The van der Waals surface area contributed by atoms with Gasteiger partial charge in [-0.25, -0.2) is 29.4 Å². The van der Waals surface area contributed by atoms with Gasteiger partial charge in [-0.1, -0.05) is 18.2 Å². The Hall–Kier alpha value is -2.64. The molecule has 0 aromatic heterocycles. The van der Waals surface area contributed by atoms with E-state index < -0.39 is 0 Å². The smallest absolute Gasteiger partial charge is 0.211 e. The molecule has 0 atom stereocenters. The summed E-state index contributed by atoms with van der Waals surface area (Å²) in [5.74, 6) is 0. The Balaban J connectivity index is 2.82. The normalized spacial score (nSPS) is 9.50. The lowest BCUT2D eigenvalue weighted by atomic mass is 9.92. The van der Waals surface area contributed by atoms with E-state index in [9.17, 15) is 14.4 Å². The zero-order chi connectivity index (χ0) is 17.5. The van der Waals surface area contributed by atoms with Gasteiger partial charge in [0.1, 0.15) is 0 Å². The molecule has 0 aliphatic carbocycles. The fraction of sp³-hybridized carbons (Fsp3) is 0.500. The molecule has 1 aromatic carbocycles. The molecule has 6 heteroatoms. The van der Waals surface area contributed by atoms with Crippen molar-refractivity contribution in [2.45, 2.75) is 38.5 Å². The second-order valence-corrected chi connectivity index (χ2v) is 5.28. The number of nitrogens with zero attached hydrogens (tertiary/aromatic N) is 3. The van der Waals surface area contributed by atoms with Crippen molar-refractivity contribution in [3.63, 3.8) is 0 Å². The van der Waals surface area contributed by atoms with E-state index >= 15 is 0 Å². The number of rotatable bonds is 12. The van der Waals surface area contributed by atoms with Crippen LogP contribution in [0, 0.1) is 0 Å². The molecule has 0 saturated heterocycles. The molecular formula is C18H21N3O3. The van der Waals surface area contributed by atoms with Gasteiger partial charge in [-0.15, -0.1) is 0 Å². The Morgan fingerprint density at radius 2 is 1.08 bits per heavy atom. The van der Waals surface area contributed by atoms with Gasteiger partial charge in [-0.2, -0.15) is 0 Å². The van der Waals surface area contributed by atoms with Crippen molar-refractivity contribution in [2.75, 3.05) is 19.6 Å². The molecule has 0 aliphatic rings. The maximum absolute atomic E-state index is 10.2. The van der Waals surface area contributed by atoms with E-state index in [-0.39, 0.29) is 0 Å². The predicted molar refractivity (Wildman–Crippen MR) is 90.4 cm³/mol. The van der Waals surface area contributed by atoms with E-state index in [1.54, 1.807) is 18.2 Å². The Bertz CT molecular complexity index is 611. The van der Waals surface area contributed by atoms with Crippen molar-refractivity contribution in [3.05, 3.63) is 34.9 Å². The number of hydrogen-bond acceptors (Lipinski definition) is 6. The first-order valence-corrected chi connectivity index (χ1v) is 8.04. The SMILES string of the molecule is O=C=NCCCc1cccc(CCCN=C=O)c1CCCN=C=O. The van der Waals surface area contributed by atoms with Crippen LogP contribution in [0.25, 0.3) is 0 Å². The topological polar surface area (TPSA) is 88.3 Å². The van der Waals surface area contributed by atoms with E-state index in [4.69, 9.17) is 0 Å². The first-order chi connectivity index (χ1) is 11.8. The van der Waals surface area contributed by atoms with Crippen LogP contribution in [0.4, 0.5) is 0 Å². The van der Waals surface area contributed by atoms with Crippen molar-refractivity contribution in [3.8, 4) is 0 Å². The number of benzene rings is 1. The predicted octanol–water partition coefficient (Wildman–Crippen LogP) is 2.49. The summed E-state index contributed by atoms with van der Waals surface area (Å²) in [4.78, 5) is 41.2. The molecule has 6 nitrogen and oxygen atoms in total. The molecule has 0 unspecified atom stereocenters. The standard InChI is InChI=1S/C18H21N3O3/c22-13-19-10-2-7-16-5-1-6-17(8-3-11-20-14-23)18(16)9-4-12-21-15-24/h1,5-6H,2-4,7-12H2. The van der Waals surface area contributed by atoms with E-state index in [0.717, 1.165) is 38.5 Å². The molecule has 1 aromatic rings. The lowest BCUT2D eigenvalue weighted by molar-refractivity contribution is 0.561. The molecule has 0 N–H and O–H groups in total. The maximum atomic E-state index is 10.2. The third-order valence-electron chi connectivity index (χ3n) is 3.69. The van der Waals surface area contributed by atoms with Gasteiger partial charge in [0, 0.05) is 0 Å². The van der Waals surface area contributed by atoms with Gasteiger partial charge >= 0.3 is 0 Å². The highest BCUT2D eigenvalue weighted by Crippen LogP contribution is 2.20. The second-order valence-electron chi connectivity index (χ2n) is 5.28. The average Bonchev–Trinajstić information content (AvgIpc) is 2.60. The molecule has 24 heavy (non-hydrogen) atoms. The third-order valence-corrected chi connectivity index (χ3v) is 3.69. The molecule has 0 spiro atoms. The first kappa shape index (κ1) is 19.4. The molecule has 0 aliphatic heterocycles. The minimum Gasteiger partial charge on any atom is -0.211 e. The minimum absolute atomic E-state index is 0.460. The van der Waals surface area contributed by atoms with Gasteiger partial charge in [0.25, 0.3) is 0 Å². The fourth-order valence-corrected chi connectivity index (χ4v) is 2.65. The minimum atomic E-state index is 0.460. The van der Waals surface area contributed by atoms with Gasteiger partial charge < -0.3 is 0 Å². The maximum Gasteiger partial charge on any atom is 0.234 e. The van der Waals surface area contributed by atoms with Crippen molar-refractivity contribution in [1.29, 1.82) is 0 Å². The highest BCUT2D eigenvalue weighted by atomic mass is 16.1. The van der Waals surface area contributed by atoms with Crippen LogP contribution in [0.15, 0.2) is 33.2 Å². The molecule has 0 saturated carbocycles. The fourth-order valence-electron chi connectivity index (χ4n) is 2.65. The summed E-state index contributed by atoms with van der Waals surface area (Å²) in [5, 5.41) is 0. The Morgan fingerprint density at radius 3 is 1.50 bits per heavy atom. The summed E-state index contributed by atoms with van der Waals surface area (Å²) >= 11 is 0. The van der Waals surface area contributed by atoms with E-state index in [2.05, 4.69) is 27.1 Å². The highest BCUT2D eigenvalue weighted by molar-refractivity contribution is 5.37. The van der Waals surface area contributed by atoms with Crippen molar-refractivity contribution < 1.29 is 14.4 Å². The number of isocyanates is 3. The monoisotopic (exact) mass is 327 g/mol. The van der Waals surface area contributed by atoms with Gasteiger partial charge in [0.2, 0.25) is 18.2 Å². The zero-order valence-corrected chi connectivity index (χ0v) is 13.7. The van der Waals surface area contributed by atoms with Crippen LogP contribution in [0.2, 0.25) is 0 Å². The largest absolute Gasteiger partial charge is 0.234 e. The van der Waals surface area contributed by atoms with Crippen LogP contribution in [0.5, 0.6) is 0 Å². The summed E-state index contributed by atoms with van der Waals surface area (Å²) in [6, 6.07) is 6.18. The number of aryl methyl sites for hydroxylation is 2. The molecule has 1 rings (SSSR count). The molecule has 0 heterocycles. The van der Waals surface area contributed by atoms with Crippen molar-refractivity contribution >= 4 is 18.2 Å². The molecule has 0 amide bonds. The Morgan fingerprint density at radius 1 is 0.667 bits per heavy atom. The van der Waals surface area contributed by atoms with Gasteiger partial charge in [-0.05, 0) is 55.2 Å². The lowest BCUT2D eigenvalue weighted by Crippen LogP contribution is -2.03. The van der Waals surface area contributed by atoms with Gasteiger partial charge in [0.15, 0.2) is 0 Å². The van der Waals surface area contributed by atoms with E-state index in [1.165, 1.54) is 16.7 Å². The van der Waals surface area contributed by atoms with Crippen LogP contribution >= 0.6 is 0 Å². The average molecular weight is 327 g/mol. The third kappa shape index (κ3) is 7.57. The summed E-state index contributed by atoms with van der Waals surface area (Å²) < 4.78 is 0. The van der Waals surface area contributed by atoms with Gasteiger partial charge in [-0.3, -0.25) is 0 Å². The summed E-state index contributed by atoms with van der Waals surface area (Å²) in [6.07, 6.45) is 9.49. The second kappa shape index (κ2) is 12.9. The molecule has 0 radical (unpaired) electrons. The van der Waals surface area contributed by atoms with E-state index in [0.29, 0.717) is 19.6 Å². The molecule has 0 fully saturated rings. The quantitative estimate of drug-likeness (QED) is 0.336. The highest BCUT2D eigenvalue weighted by Gasteiger charge is 2.08. The van der Waals surface area contributed by atoms with Crippen LogP contribution in [0.1, 0.15) is 36.0 Å². The molecule has 126 valence electrons. The number of aliphatic imine (C=N–C) groups is 3. The van der Waals surface area contributed by atoms with Crippen LogP contribution in [-0.4, -0.2) is 37.9 Å². The van der Waals surface area contributed by atoms with Crippen LogP contribution in [0.3, 0.4) is 0 Å². The van der Waals surface area contributed by atoms with Gasteiger partial charge in [0.05, 0.1) is 19.6 Å².